The van der Waals surface area contributed by atoms with Gasteiger partial charge in [0, 0.05) is 31.4 Å². The van der Waals surface area contributed by atoms with E-state index in [1.54, 1.807) is 0 Å². The van der Waals surface area contributed by atoms with Crippen LogP contribution in [0.5, 0.6) is 0 Å². The van der Waals surface area contributed by atoms with Crippen molar-refractivity contribution >= 4 is 0 Å². The summed E-state index contributed by atoms with van der Waals surface area (Å²) in [6.45, 7) is 6.96. The van der Waals surface area contributed by atoms with Gasteiger partial charge < -0.3 is 0 Å². The molecule has 1 rings (SSSR count). The summed E-state index contributed by atoms with van der Waals surface area (Å²) in [5, 5.41) is 0. The second-order valence-corrected chi connectivity index (χ2v) is 17.8. The number of aromatic nitrogens is 1. The van der Waals surface area contributed by atoms with Gasteiger partial charge in [0.2, 0.25) is 0 Å². The third-order valence-electron chi connectivity index (χ3n) is 12.8. The van der Waals surface area contributed by atoms with Crippen LogP contribution in [-0.4, -0.2) is 0 Å². The summed E-state index contributed by atoms with van der Waals surface area (Å²) in [4.78, 5) is 0. The number of hydrogen-bond donors (Lipinski definition) is 0. The first kappa shape index (κ1) is 50.2. The predicted octanol–water partition coefficient (Wildman–Crippen LogP) is 18.5. The van der Waals surface area contributed by atoms with Gasteiger partial charge in [0.25, 0.3) is 0 Å². The molecule has 1 heteroatoms. The van der Waals surface area contributed by atoms with E-state index in [4.69, 9.17) is 0 Å². The van der Waals surface area contributed by atoms with Crippen LogP contribution in [0.1, 0.15) is 297 Å². The summed E-state index contributed by atoms with van der Waals surface area (Å²) < 4.78 is 2.69. The van der Waals surface area contributed by atoms with Crippen LogP contribution in [0.15, 0.2) is 30.6 Å². The van der Waals surface area contributed by atoms with E-state index in [-0.39, 0.29) is 0 Å². The highest BCUT2D eigenvalue weighted by atomic mass is 15.0. The Kier molecular flexibility index (Phi) is 38.6. The predicted molar refractivity (Wildman–Crippen MR) is 240 cm³/mol. The Balaban J connectivity index is 2.45. The Morgan fingerprint density at radius 2 is 0.434 bits per heavy atom. The third kappa shape index (κ3) is 32.0. The van der Waals surface area contributed by atoms with Crippen LogP contribution in [0, 0.1) is 0 Å². The summed E-state index contributed by atoms with van der Waals surface area (Å²) >= 11 is 0. The topological polar surface area (TPSA) is 3.88 Å². The maximum Gasteiger partial charge on any atom is 0.169 e. The highest BCUT2D eigenvalue weighted by molar-refractivity contribution is 4.86. The lowest BCUT2D eigenvalue weighted by molar-refractivity contribution is -0.768. The minimum Gasteiger partial charge on any atom is -0.200 e. The molecule has 53 heavy (non-hydrogen) atoms. The van der Waals surface area contributed by atoms with Gasteiger partial charge in [0.05, 0.1) is 0 Å². The van der Waals surface area contributed by atoms with E-state index in [0.29, 0.717) is 5.54 Å². The standard InChI is InChI=1S/C52H100N/c1-4-7-10-13-16-19-22-25-26-27-28-31-34-37-40-44-49-52(53-50-45-41-46-51-53,47-42-38-35-32-29-23-20-17-14-11-8-5-2)48-43-39-36-33-30-24-21-18-15-12-9-6-3/h41,45-46,50-51H,4-40,42-44,47-49H2,1-3H3/q+1. The molecule has 0 aliphatic heterocycles. The van der Waals surface area contributed by atoms with Crippen molar-refractivity contribution in [3.8, 4) is 0 Å². The molecule has 0 aliphatic rings. The van der Waals surface area contributed by atoms with Gasteiger partial charge in [-0.15, -0.1) is 0 Å². The Hall–Kier alpha value is -0.850. The fourth-order valence-electron chi connectivity index (χ4n) is 9.07. The van der Waals surface area contributed by atoms with Crippen molar-refractivity contribution in [1.82, 2.24) is 0 Å². The lowest BCUT2D eigenvalue weighted by Gasteiger charge is -2.29. The van der Waals surface area contributed by atoms with E-state index in [1.807, 2.05) is 0 Å². The smallest absolute Gasteiger partial charge is 0.169 e. The second kappa shape index (κ2) is 40.8. The quantitative estimate of drug-likeness (QED) is 0.0464. The fraction of sp³-hybridized carbons (Fsp3) is 0.904. The Bertz CT molecular complexity index is 773. The first-order valence-electron chi connectivity index (χ1n) is 25.3. The summed E-state index contributed by atoms with van der Waals surface area (Å²) in [7, 11) is 0. The van der Waals surface area contributed by atoms with Crippen molar-refractivity contribution < 1.29 is 4.57 Å². The van der Waals surface area contributed by atoms with Crippen LogP contribution in [0.4, 0.5) is 0 Å². The van der Waals surface area contributed by atoms with Crippen molar-refractivity contribution in [2.75, 3.05) is 0 Å². The average Bonchev–Trinajstić information content (AvgIpc) is 3.18. The zero-order chi connectivity index (χ0) is 38.0. The number of nitrogens with zero attached hydrogens (tertiary/aromatic N) is 1. The van der Waals surface area contributed by atoms with Gasteiger partial charge in [-0.3, -0.25) is 0 Å². The SMILES string of the molecule is CCCCCCCCCCCCCCCCCCC(CCCCCCCCCCCCCC)(CCCCCCCCCCCCCC)[n+]1ccccc1. The lowest BCUT2D eigenvalue weighted by atomic mass is 9.81. The minimum absolute atomic E-state index is 0.328. The molecule has 0 spiro atoms. The van der Waals surface area contributed by atoms with Crippen LogP contribution < -0.4 is 4.57 Å². The van der Waals surface area contributed by atoms with Crippen LogP contribution >= 0.6 is 0 Å². The summed E-state index contributed by atoms with van der Waals surface area (Å²) in [5.74, 6) is 0. The third-order valence-corrected chi connectivity index (χ3v) is 12.8. The summed E-state index contributed by atoms with van der Waals surface area (Å²) in [5.41, 5.74) is 0.328. The molecule has 0 N–H and O–H groups in total. The number of pyridine rings is 1. The molecule has 0 aromatic carbocycles. The van der Waals surface area contributed by atoms with Crippen molar-refractivity contribution in [2.45, 2.75) is 302 Å². The van der Waals surface area contributed by atoms with Crippen molar-refractivity contribution in [3.05, 3.63) is 30.6 Å². The first-order chi connectivity index (χ1) is 26.3. The van der Waals surface area contributed by atoms with Crippen molar-refractivity contribution in [1.29, 1.82) is 0 Å². The summed E-state index contributed by atoms with van der Waals surface area (Å²) in [6, 6.07) is 6.82. The van der Waals surface area contributed by atoms with Crippen molar-refractivity contribution in [3.63, 3.8) is 0 Å². The molecule has 0 atom stereocenters. The summed E-state index contributed by atoms with van der Waals surface area (Å²) in [6.07, 6.45) is 66.9. The Labute approximate surface area is 336 Å². The highest BCUT2D eigenvalue weighted by Gasteiger charge is 2.37. The van der Waals surface area contributed by atoms with E-state index in [2.05, 4.69) is 55.9 Å². The van der Waals surface area contributed by atoms with Gasteiger partial charge in [-0.1, -0.05) is 264 Å². The molecule has 1 heterocycles. The second-order valence-electron chi connectivity index (χ2n) is 17.8. The van der Waals surface area contributed by atoms with E-state index in [9.17, 15) is 0 Å². The van der Waals surface area contributed by atoms with Gasteiger partial charge in [-0.05, 0) is 19.3 Å². The zero-order valence-electron chi connectivity index (χ0n) is 37.2. The monoisotopic (exact) mass is 739 g/mol. The van der Waals surface area contributed by atoms with Crippen LogP contribution in [0.3, 0.4) is 0 Å². The number of unbranched alkanes of at least 4 members (excludes halogenated alkanes) is 37. The van der Waals surface area contributed by atoms with Gasteiger partial charge in [0.1, 0.15) is 0 Å². The van der Waals surface area contributed by atoms with Gasteiger partial charge >= 0.3 is 0 Å². The Morgan fingerprint density at radius 3 is 0.642 bits per heavy atom. The van der Waals surface area contributed by atoms with E-state index < -0.39 is 0 Å². The minimum atomic E-state index is 0.328. The molecule has 0 saturated heterocycles. The van der Waals surface area contributed by atoms with Gasteiger partial charge in [-0.2, -0.15) is 4.57 Å². The normalized spacial score (nSPS) is 11.9. The van der Waals surface area contributed by atoms with Crippen LogP contribution in [-0.2, 0) is 5.54 Å². The van der Waals surface area contributed by atoms with Gasteiger partial charge in [-0.25, -0.2) is 0 Å². The lowest BCUT2D eigenvalue weighted by Crippen LogP contribution is -2.55. The van der Waals surface area contributed by atoms with Crippen molar-refractivity contribution in [2.24, 2.45) is 0 Å². The van der Waals surface area contributed by atoms with E-state index >= 15 is 0 Å². The molecule has 0 amide bonds. The van der Waals surface area contributed by atoms with Crippen LogP contribution in [0.2, 0.25) is 0 Å². The largest absolute Gasteiger partial charge is 0.200 e. The molecule has 312 valence electrons. The molecule has 0 fully saturated rings. The highest BCUT2D eigenvalue weighted by Crippen LogP contribution is 2.32. The maximum absolute atomic E-state index is 2.69. The fourth-order valence-corrected chi connectivity index (χ4v) is 9.07. The van der Waals surface area contributed by atoms with Crippen LogP contribution in [0.25, 0.3) is 0 Å². The Morgan fingerprint density at radius 1 is 0.245 bits per heavy atom. The molecule has 1 aromatic heterocycles. The average molecular weight is 739 g/mol. The molecule has 0 bridgehead atoms. The molecule has 0 unspecified atom stereocenters. The number of rotatable bonds is 44. The molecular weight excluding hydrogens is 639 g/mol. The first-order valence-corrected chi connectivity index (χ1v) is 25.3. The van der Waals surface area contributed by atoms with E-state index in [1.165, 1.54) is 276 Å². The van der Waals surface area contributed by atoms with E-state index in [0.717, 1.165) is 0 Å². The maximum atomic E-state index is 2.69. The molecular formula is C52H100N+. The molecule has 1 aromatic rings. The molecule has 0 saturated carbocycles. The molecule has 1 nitrogen and oxygen atoms in total. The number of hydrogen-bond acceptors (Lipinski definition) is 0. The molecule has 0 radical (unpaired) electrons. The zero-order valence-corrected chi connectivity index (χ0v) is 37.2. The molecule has 0 aliphatic carbocycles. The van der Waals surface area contributed by atoms with Gasteiger partial charge in [0.15, 0.2) is 17.9 Å².